The van der Waals surface area contributed by atoms with E-state index in [1.54, 1.807) is 11.3 Å². The minimum atomic E-state index is -0.464. The molecule has 2 aromatic rings. The largest absolute Gasteiger partial charge is 0.368 e. The molecule has 0 aliphatic heterocycles. The van der Waals surface area contributed by atoms with Crippen LogP contribution < -0.4 is 11.1 Å². The van der Waals surface area contributed by atoms with Crippen molar-refractivity contribution in [3.63, 3.8) is 0 Å². The molecule has 0 aliphatic rings. The van der Waals surface area contributed by atoms with Gasteiger partial charge in [-0.2, -0.15) is 0 Å². The summed E-state index contributed by atoms with van der Waals surface area (Å²) in [6, 6.07) is 9.38. The fraction of sp³-hybridized carbons (Fsp3) is 0.214. The van der Waals surface area contributed by atoms with Gasteiger partial charge in [-0.25, -0.2) is 0 Å². The van der Waals surface area contributed by atoms with E-state index in [1.807, 2.05) is 42.6 Å². The van der Waals surface area contributed by atoms with Gasteiger partial charge in [0.1, 0.15) is 6.04 Å². The van der Waals surface area contributed by atoms with Gasteiger partial charge in [0.05, 0.1) is 0 Å². The van der Waals surface area contributed by atoms with Gasteiger partial charge < -0.3 is 5.73 Å². The van der Waals surface area contributed by atoms with Crippen molar-refractivity contribution < 1.29 is 4.79 Å². The van der Waals surface area contributed by atoms with Crippen molar-refractivity contribution in [2.24, 2.45) is 5.73 Å². The lowest BCUT2D eigenvalue weighted by atomic mass is 10.0. The molecule has 3 nitrogen and oxygen atoms in total. The van der Waals surface area contributed by atoms with Crippen molar-refractivity contribution >= 4 is 33.2 Å². The maximum Gasteiger partial charge on any atom is 0.239 e. The van der Waals surface area contributed by atoms with E-state index >= 15 is 0 Å². The van der Waals surface area contributed by atoms with E-state index in [4.69, 9.17) is 5.73 Å². The molecule has 2 rings (SSSR count). The number of aryl methyl sites for hydroxylation is 1. The number of nitrogens with one attached hydrogen (secondary N) is 1. The third kappa shape index (κ3) is 3.65. The van der Waals surface area contributed by atoms with E-state index in [0.29, 0.717) is 6.54 Å². The van der Waals surface area contributed by atoms with Crippen LogP contribution in [0.1, 0.15) is 22.0 Å². The lowest BCUT2D eigenvalue weighted by molar-refractivity contribution is -0.120. The highest BCUT2D eigenvalue weighted by molar-refractivity contribution is 9.10. The normalized spacial score (nSPS) is 12.3. The van der Waals surface area contributed by atoms with Crippen LogP contribution >= 0.6 is 27.3 Å². The molecule has 0 aliphatic carbocycles. The summed E-state index contributed by atoms with van der Waals surface area (Å²) in [7, 11) is 0. The lowest BCUT2D eigenvalue weighted by Gasteiger charge is -2.16. The summed E-state index contributed by atoms with van der Waals surface area (Å²) in [4.78, 5) is 12.8. The van der Waals surface area contributed by atoms with E-state index in [2.05, 4.69) is 21.2 Å². The Labute approximate surface area is 125 Å². The van der Waals surface area contributed by atoms with Gasteiger partial charge in [-0.3, -0.25) is 10.1 Å². The molecule has 1 amide bonds. The zero-order valence-corrected chi connectivity index (χ0v) is 12.9. The number of benzene rings is 1. The number of primary amides is 1. The van der Waals surface area contributed by atoms with Gasteiger partial charge in [-0.15, -0.1) is 11.3 Å². The van der Waals surface area contributed by atoms with Gasteiger partial charge in [0.25, 0.3) is 0 Å². The fourth-order valence-corrected chi connectivity index (χ4v) is 2.75. The van der Waals surface area contributed by atoms with Crippen molar-refractivity contribution in [3.8, 4) is 0 Å². The molecule has 1 aromatic carbocycles. The van der Waals surface area contributed by atoms with Crippen LogP contribution in [0.25, 0.3) is 0 Å². The Morgan fingerprint density at radius 1 is 1.47 bits per heavy atom. The number of halogens is 1. The molecule has 0 saturated carbocycles. The zero-order chi connectivity index (χ0) is 13.8. The molecule has 1 heterocycles. The Hall–Kier alpha value is -1.17. The minimum absolute atomic E-state index is 0.363. The average molecular weight is 339 g/mol. The average Bonchev–Trinajstić information content (AvgIpc) is 2.86. The molecule has 1 aromatic heterocycles. The molecule has 3 N–H and O–H groups in total. The molecule has 0 spiro atoms. The van der Waals surface area contributed by atoms with Crippen LogP contribution in [0.2, 0.25) is 0 Å². The highest BCUT2D eigenvalue weighted by Gasteiger charge is 2.17. The van der Waals surface area contributed by atoms with E-state index in [1.165, 1.54) is 4.88 Å². The molecule has 1 unspecified atom stereocenters. The van der Waals surface area contributed by atoms with Crippen molar-refractivity contribution in [3.05, 3.63) is 56.2 Å². The molecule has 100 valence electrons. The molecule has 19 heavy (non-hydrogen) atoms. The molecule has 0 fully saturated rings. The Morgan fingerprint density at radius 2 is 2.26 bits per heavy atom. The van der Waals surface area contributed by atoms with E-state index in [-0.39, 0.29) is 5.91 Å². The smallest absolute Gasteiger partial charge is 0.239 e. The topological polar surface area (TPSA) is 55.1 Å². The molecule has 0 radical (unpaired) electrons. The molecule has 5 heteroatoms. The SMILES string of the molecule is Cc1cc(C(NCc2cccs2)C(N)=O)ccc1Br. The number of amides is 1. The highest BCUT2D eigenvalue weighted by atomic mass is 79.9. The highest BCUT2D eigenvalue weighted by Crippen LogP contribution is 2.22. The number of carbonyl (C=O) groups is 1. The van der Waals surface area contributed by atoms with E-state index in [9.17, 15) is 4.79 Å². The number of hydrogen-bond donors (Lipinski definition) is 2. The lowest BCUT2D eigenvalue weighted by Crippen LogP contribution is -2.33. The predicted molar refractivity (Wildman–Crippen MR) is 82.0 cm³/mol. The van der Waals surface area contributed by atoms with Crippen molar-refractivity contribution in [2.45, 2.75) is 19.5 Å². The van der Waals surface area contributed by atoms with Crippen LogP contribution in [-0.4, -0.2) is 5.91 Å². The second-order valence-corrected chi connectivity index (χ2v) is 6.19. The number of nitrogens with two attached hydrogens (primary N) is 1. The van der Waals surface area contributed by atoms with Crippen LogP contribution in [0.3, 0.4) is 0 Å². The van der Waals surface area contributed by atoms with Gasteiger partial charge in [-0.05, 0) is 35.6 Å². The standard InChI is InChI=1S/C14H15BrN2OS/c1-9-7-10(4-5-12(9)15)13(14(16)18)17-8-11-3-2-6-19-11/h2-7,13,17H,8H2,1H3,(H2,16,18). The van der Waals surface area contributed by atoms with Crippen LogP contribution in [-0.2, 0) is 11.3 Å². The van der Waals surface area contributed by atoms with Gasteiger partial charge in [-0.1, -0.05) is 34.1 Å². The Morgan fingerprint density at radius 3 is 2.84 bits per heavy atom. The second-order valence-electron chi connectivity index (χ2n) is 4.30. The first-order chi connectivity index (χ1) is 9.08. The van der Waals surface area contributed by atoms with Crippen molar-refractivity contribution in [1.29, 1.82) is 0 Å². The van der Waals surface area contributed by atoms with Crippen LogP contribution in [0.5, 0.6) is 0 Å². The monoisotopic (exact) mass is 338 g/mol. The maximum absolute atomic E-state index is 11.6. The van der Waals surface area contributed by atoms with E-state index < -0.39 is 6.04 Å². The van der Waals surface area contributed by atoms with Crippen LogP contribution in [0, 0.1) is 6.92 Å². The molecular weight excluding hydrogens is 324 g/mol. The molecular formula is C14H15BrN2OS. The summed E-state index contributed by atoms with van der Waals surface area (Å²) in [5.74, 6) is -0.363. The molecule has 0 bridgehead atoms. The second kappa shape index (κ2) is 6.32. The summed E-state index contributed by atoms with van der Waals surface area (Å²) in [6.45, 7) is 2.63. The number of hydrogen-bond acceptors (Lipinski definition) is 3. The molecule has 1 atom stereocenters. The number of carbonyl (C=O) groups excluding carboxylic acids is 1. The summed E-state index contributed by atoms with van der Waals surface area (Å²) < 4.78 is 1.03. The molecule has 0 saturated heterocycles. The van der Waals surface area contributed by atoms with Gasteiger partial charge in [0.15, 0.2) is 0 Å². The van der Waals surface area contributed by atoms with Crippen molar-refractivity contribution in [2.75, 3.05) is 0 Å². The summed E-state index contributed by atoms with van der Waals surface area (Å²) >= 11 is 5.11. The zero-order valence-electron chi connectivity index (χ0n) is 10.5. The van der Waals surface area contributed by atoms with E-state index in [0.717, 1.165) is 15.6 Å². The summed E-state index contributed by atoms with van der Waals surface area (Å²) in [5, 5.41) is 5.22. The first-order valence-electron chi connectivity index (χ1n) is 5.89. The Bertz CT molecular complexity index is 569. The maximum atomic E-state index is 11.6. The van der Waals surface area contributed by atoms with Gasteiger partial charge >= 0.3 is 0 Å². The fourth-order valence-electron chi connectivity index (χ4n) is 1.85. The summed E-state index contributed by atoms with van der Waals surface area (Å²) in [5.41, 5.74) is 7.46. The minimum Gasteiger partial charge on any atom is -0.368 e. The Balaban J connectivity index is 2.15. The van der Waals surface area contributed by atoms with Gasteiger partial charge in [0.2, 0.25) is 5.91 Å². The van der Waals surface area contributed by atoms with Crippen molar-refractivity contribution in [1.82, 2.24) is 5.32 Å². The summed E-state index contributed by atoms with van der Waals surface area (Å²) in [6.07, 6.45) is 0. The number of thiophene rings is 1. The third-order valence-electron chi connectivity index (χ3n) is 2.86. The van der Waals surface area contributed by atoms with Gasteiger partial charge in [0, 0.05) is 15.9 Å². The quantitative estimate of drug-likeness (QED) is 0.879. The van der Waals surface area contributed by atoms with Crippen LogP contribution in [0.4, 0.5) is 0 Å². The first kappa shape index (κ1) is 14.2. The predicted octanol–water partition coefficient (Wildman–Crippen LogP) is 3.14. The first-order valence-corrected chi connectivity index (χ1v) is 7.56. The van der Waals surface area contributed by atoms with Crippen LogP contribution in [0.15, 0.2) is 40.2 Å². The number of rotatable bonds is 5. The third-order valence-corrected chi connectivity index (χ3v) is 4.63. The Kier molecular flexibility index (Phi) is 4.74.